The van der Waals surface area contributed by atoms with Crippen molar-refractivity contribution in [3.05, 3.63) is 71.4 Å². The number of carbonyl (C=O) groups excluding carboxylic acids is 3. The highest BCUT2D eigenvalue weighted by atomic mass is 16.2. The molecule has 0 aliphatic carbocycles. The van der Waals surface area contributed by atoms with E-state index in [0.29, 0.717) is 29.9 Å². The molecule has 0 spiro atoms. The Morgan fingerprint density at radius 2 is 1.68 bits per heavy atom. The normalized spacial score (nSPS) is 21.6. The lowest BCUT2D eigenvalue weighted by Crippen LogP contribution is -2.59. The summed E-state index contributed by atoms with van der Waals surface area (Å²) < 4.78 is 0. The van der Waals surface area contributed by atoms with Crippen molar-refractivity contribution in [1.29, 1.82) is 5.26 Å². The quantitative estimate of drug-likeness (QED) is 0.574. The molecule has 2 N–H and O–H groups in total. The predicted molar refractivity (Wildman–Crippen MR) is 140 cm³/mol. The second-order valence-corrected chi connectivity index (χ2v) is 11.2. The van der Waals surface area contributed by atoms with Crippen LogP contribution in [-0.4, -0.2) is 63.7 Å². The zero-order valence-electron chi connectivity index (χ0n) is 21.5. The molecule has 8 nitrogen and oxygen atoms in total. The molecular weight excluding hydrogens is 466 g/mol. The van der Waals surface area contributed by atoms with Crippen LogP contribution in [0.15, 0.2) is 54.6 Å². The molecule has 0 saturated carbocycles. The number of nitrogens with zero attached hydrogens (tertiary/aromatic N) is 3. The minimum absolute atomic E-state index is 0.0876. The molecule has 2 aliphatic rings. The first-order valence-corrected chi connectivity index (χ1v) is 12.6. The van der Waals surface area contributed by atoms with Crippen molar-refractivity contribution >= 4 is 28.6 Å². The molecule has 8 heteroatoms. The Morgan fingerprint density at radius 1 is 1.03 bits per heavy atom. The summed E-state index contributed by atoms with van der Waals surface area (Å²) in [6.45, 7) is 8.78. The lowest BCUT2D eigenvalue weighted by atomic mass is 9.85. The summed E-state index contributed by atoms with van der Waals surface area (Å²) in [5, 5.41) is 12.9. The molecule has 5 rings (SSSR count). The number of benzene rings is 2. The van der Waals surface area contributed by atoms with E-state index in [9.17, 15) is 14.4 Å². The average Bonchev–Trinajstić information content (AvgIpc) is 3.56. The zero-order chi connectivity index (χ0) is 26.5. The van der Waals surface area contributed by atoms with Crippen LogP contribution in [0.4, 0.5) is 0 Å². The largest absolute Gasteiger partial charge is 0.351 e. The summed E-state index contributed by atoms with van der Waals surface area (Å²) in [7, 11) is 0. The van der Waals surface area contributed by atoms with Crippen molar-refractivity contribution in [3.63, 3.8) is 0 Å². The van der Waals surface area contributed by atoms with Crippen LogP contribution in [0.25, 0.3) is 10.9 Å². The average molecular weight is 498 g/mol. The number of rotatable bonds is 4. The van der Waals surface area contributed by atoms with Gasteiger partial charge in [0.1, 0.15) is 11.7 Å². The van der Waals surface area contributed by atoms with E-state index in [1.54, 1.807) is 30.3 Å². The Bertz CT molecular complexity index is 1380. The van der Waals surface area contributed by atoms with Gasteiger partial charge in [0.25, 0.3) is 11.8 Å². The predicted octanol–water partition coefficient (Wildman–Crippen LogP) is 3.56. The molecular formula is C29H31N5O3. The van der Waals surface area contributed by atoms with Gasteiger partial charge in [-0.1, -0.05) is 45.9 Å². The highest BCUT2D eigenvalue weighted by Crippen LogP contribution is 2.38. The number of aromatic nitrogens is 1. The third kappa shape index (κ3) is 4.35. The Labute approximate surface area is 216 Å². The van der Waals surface area contributed by atoms with Crippen molar-refractivity contribution in [1.82, 2.24) is 20.1 Å². The van der Waals surface area contributed by atoms with E-state index in [1.807, 2.05) is 54.8 Å². The molecule has 3 aromatic rings. The van der Waals surface area contributed by atoms with Crippen LogP contribution in [0, 0.1) is 22.7 Å². The molecule has 1 aromatic heterocycles. The van der Waals surface area contributed by atoms with Crippen LogP contribution < -0.4 is 5.32 Å². The number of piperazine rings is 1. The topological polar surface area (TPSA) is 109 Å². The first-order valence-electron chi connectivity index (χ1n) is 12.6. The van der Waals surface area contributed by atoms with Gasteiger partial charge in [0, 0.05) is 35.5 Å². The van der Waals surface area contributed by atoms with Crippen LogP contribution in [0.5, 0.6) is 0 Å². The third-order valence-corrected chi connectivity index (χ3v) is 7.75. The van der Waals surface area contributed by atoms with Gasteiger partial charge in [-0.15, -0.1) is 0 Å². The first-order chi connectivity index (χ1) is 17.6. The Kier molecular flexibility index (Phi) is 6.03. The number of amides is 3. The molecule has 2 aromatic carbocycles. The second-order valence-electron chi connectivity index (χ2n) is 11.2. The number of hydrogen-bond donors (Lipinski definition) is 2. The second kappa shape index (κ2) is 9.07. The molecule has 2 bridgehead atoms. The van der Waals surface area contributed by atoms with Gasteiger partial charge in [0.05, 0.1) is 23.7 Å². The maximum atomic E-state index is 13.9. The van der Waals surface area contributed by atoms with E-state index in [1.165, 1.54) is 0 Å². The fraction of sp³-hybridized carbons (Fsp3) is 0.379. The van der Waals surface area contributed by atoms with Gasteiger partial charge in [-0.2, -0.15) is 5.26 Å². The molecule has 3 amide bonds. The summed E-state index contributed by atoms with van der Waals surface area (Å²) in [4.78, 5) is 47.1. The van der Waals surface area contributed by atoms with Gasteiger partial charge < -0.3 is 20.1 Å². The van der Waals surface area contributed by atoms with E-state index in [-0.39, 0.29) is 35.7 Å². The summed E-state index contributed by atoms with van der Waals surface area (Å²) in [6.07, 6.45) is 0. The minimum Gasteiger partial charge on any atom is -0.351 e. The van der Waals surface area contributed by atoms with Crippen molar-refractivity contribution in [2.45, 2.75) is 45.8 Å². The number of aromatic amines is 1. The molecule has 4 atom stereocenters. The number of H-pyrrole nitrogens is 1. The SMILES string of the molecule is C[C@@H]1[C@H]2CN(C(=O)[C@@H](NC(=O)c3cc4ccccc4[nH]3)C(C)(C)C)[C@@H]1CN2C(=O)c1ccc(C#N)cc1. The van der Waals surface area contributed by atoms with Gasteiger partial charge in [0.2, 0.25) is 5.91 Å². The van der Waals surface area contributed by atoms with Crippen LogP contribution in [0.1, 0.15) is 54.1 Å². The van der Waals surface area contributed by atoms with E-state index in [4.69, 9.17) is 5.26 Å². The maximum absolute atomic E-state index is 13.9. The Morgan fingerprint density at radius 3 is 2.27 bits per heavy atom. The molecule has 2 saturated heterocycles. The van der Waals surface area contributed by atoms with Gasteiger partial charge in [-0.25, -0.2) is 0 Å². The van der Waals surface area contributed by atoms with Gasteiger partial charge in [0.15, 0.2) is 0 Å². The molecule has 190 valence electrons. The van der Waals surface area contributed by atoms with Crippen LogP contribution in [-0.2, 0) is 4.79 Å². The summed E-state index contributed by atoms with van der Waals surface area (Å²) in [5.41, 5.74) is 1.81. The van der Waals surface area contributed by atoms with Crippen molar-refractivity contribution in [3.8, 4) is 6.07 Å². The smallest absolute Gasteiger partial charge is 0.268 e. The van der Waals surface area contributed by atoms with Gasteiger partial charge in [-0.3, -0.25) is 14.4 Å². The zero-order valence-corrected chi connectivity index (χ0v) is 21.5. The van der Waals surface area contributed by atoms with Crippen LogP contribution >= 0.6 is 0 Å². The summed E-state index contributed by atoms with van der Waals surface area (Å²) in [6, 6.07) is 17.2. The summed E-state index contributed by atoms with van der Waals surface area (Å²) >= 11 is 0. The highest BCUT2D eigenvalue weighted by molar-refractivity contribution is 6.00. The van der Waals surface area contributed by atoms with Gasteiger partial charge >= 0.3 is 0 Å². The first kappa shape index (κ1) is 24.6. The Balaban J connectivity index is 1.32. The lowest BCUT2D eigenvalue weighted by Gasteiger charge is -2.39. The molecule has 37 heavy (non-hydrogen) atoms. The lowest BCUT2D eigenvalue weighted by molar-refractivity contribution is -0.138. The summed E-state index contributed by atoms with van der Waals surface area (Å²) in [5.74, 6) is -0.409. The number of likely N-dealkylation sites (tertiary alicyclic amines) is 2. The standard InChI is InChI=1S/C29H31N5O3/c1-17-23-16-34(24(17)15-33(23)27(36)19-11-9-18(14-30)10-12-19)28(37)25(29(2,3)4)32-26(35)22-13-20-7-5-6-8-21(20)31-22/h5-13,17,23-25,31H,15-16H2,1-4H3,(H,32,35)/t17-,23-,24-,25-/m1/s1. The van der Waals surface area contributed by atoms with Crippen molar-refractivity contribution in [2.75, 3.05) is 13.1 Å². The third-order valence-electron chi connectivity index (χ3n) is 7.75. The Hall–Kier alpha value is -4.12. The number of hydrogen-bond acceptors (Lipinski definition) is 4. The molecule has 0 unspecified atom stereocenters. The molecule has 2 aliphatic heterocycles. The monoisotopic (exact) mass is 497 g/mol. The van der Waals surface area contributed by atoms with Crippen molar-refractivity contribution in [2.24, 2.45) is 11.3 Å². The number of nitrogens with one attached hydrogen (secondary N) is 2. The van der Waals surface area contributed by atoms with Gasteiger partial charge in [-0.05, 0) is 41.8 Å². The van der Waals surface area contributed by atoms with Crippen LogP contribution in [0.3, 0.4) is 0 Å². The van der Waals surface area contributed by atoms with E-state index in [2.05, 4.69) is 23.3 Å². The van der Waals surface area contributed by atoms with Crippen LogP contribution in [0.2, 0.25) is 0 Å². The number of carbonyl (C=O) groups is 3. The number of para-hydroxylation sites is 1. The highest BCUT2D eigenvalue weighted by Gasteiger charge is 2.54. The molecule has 3 heterocycles. The molecule has 0 radical (unpaired) electrons. The van der Waals surface area contributed by atoms with E-state index in [0.717, 1.165) is 10.9 Å². The van der Waals surface area contributed by atoms with E-state index < -0.39 is 11.5 Å². The fourth-order valence-electron chi connectivity index (χ4n) is 5.59. The number of fused-ring (bicyclic) bond motifs is 3. The number of nitriles is 1. The maximum Gasteiger partial charge on any atom is 0.268 e. The van der Waals surface area contributed by atoms with E-state index >= 15 is 0 Å². The van der Waals surface area contributed by atoms with Crippen molar-refractivity contribution < 1.29 is 14.4 Å². The minimum atomic E-state index is -0.722. The molecule has 2 fully saturated rings. The fourth-order valence-corrected chi connectivity index (χ4v) is 5.59.